The Hall–Kier alpha value is -0.900. The van der Waals surface area contributed by atoms with Crippen molar-refractivity contribution in [1.82, 2.24) is 15.5 Å². The molecule has 0 aromatic heterocycles. The quantitative estimate of drug-likeness (QED) is 0.359. The van der Waals surface area contributed by atoms with Gasteiger partial charge in [0.1, 0.15) is 0 Å². The van der Waals surface area contributed by atoms with E-state index in [0.717, 1.165) is 44.4 Å². The molecule has 1 aliphatic heterocycles. The number of ether oxygens (including phenoxy) is 2. The summed E-state index contributed by atoms with van der Waals surface area (Å²) >= 11 is 0. The lowest BCUT2D eigenvalue weighted by Gasteiger charge is -2.41. The number of hydrogen-bond donors (Lipinski definition) is 2. The third-order valence-corrected chi connectivity index (χ3v) is 4.69. The molecule has 0 saturated carbocycles. The number of benzene rings is 1. The van der Waals surface area contributed by atoms with Crippen molar-refractivity contribution in [3.05, 3.63) is 35.9 Å². The molecule has 0 amide bonds. The Labute approximate surface area is 174 Å². The van der Waals surface area contributed by atoms with E-state index in [9.17, 15) is 0 Å². The van der Waals surface area contributed by atoms with Crippen LogP contribution in [0.1, 0.15) is 25.5 Å². The van der Waals surface area contributed by atoms with Crippen LogP contribution in [0.3, 0.4) is 0 Å². The van der Waals surface area contributed by atoms with Crippen LogP contribution in [-0.2, 0) is 9.47 Å². The average molecular weight is 476 g/mol. The number of halogens is 1. The number of guanidine groups is 1. The van der Waals surface area contributed by atoms with Gasteiger partial charge in [-0.2, -0.15) is 0 Å². The Morgan fingerprint density at radius 3 is 2.46 bits per heavy atom. The van der Waals surface area contributed by atoms with Gasteiger partial charge in [0.25, 0.3) is 0 Å². The van der Waals surface area contributed by atoms with Gasteiger partial charge in [0.2, 0.25) is 0 Å². The van der Waals surface area contributed by atoms with Crippen molar-refractivity contribution in [3.8, 4) is 0 Å². The highest BCUT2D eigenvalue weighted by Crippen LogP contribution is 2.16. The maximum absolute atomic E-state index is 5.60. The molecule has 0 spiro atoms. The van der Waals surface area contributed by atoms with E-state index in [4.69, 9.17) is 9.47 Å². The van der Waals surface area contributed by atoms with Gasteiger partial charge in [-0.3, -0.25) is 9.89 Å². The predicted octanol–water partition coefficient (Wildman–Crippen LogP) is 2.27. The van der Waals surface area contributed by atoms with Crippen LogP contribution in [0.2, 0.25) is 0 Å². The Morgan fingerprint density at radius 1 is 1.23 bits per heavy atom. The Kier molecular flexibility index (Phi) is 10.4. The monoisotopic (exact) mass is 476 g/mol. The summed E-state index contributed by atoms with van der Waals surface area (Å²) < 4.78 is 11.1. The largest absolute Gasteiger partial charge is 0.379 e. The number of methoxy groups -OCH3 is 1. The molecule has 2 N–H and O–H groups in total. The molecule has 148 valence electrons. The molecule has 1 aromatic rings. The van der Waals surface area contributed by atoms with Gasteiger partial charge in [0.15, 0.2) is 5.96 Å². The summed E-state index contributed by atoms with van der Waals surface area (Å²) in [4.78, 5) is 6.79. The number of nitrogens with zero attached hydrogens (tertiary/aromatic N) is 2. The molecule has 7 heteroatoms. The molecule has 0 aliphatic carbocycles. The summed E-state index contributed by atoms with van der Waals surface area (Å²) in [5, 5.41) is 6.80. The number of rotatable bonds is 7. The third kappa shape index (κ3) is 7.02. The van der Waals surface area contributed by atoms with Crippen LogP contribution >= 0.6 is 24.0 Å². The molecule has 1 atom stereocenters. The van der Waals surface area contributed by atoms with Gasteiger partial charge in [-0.05, 0) is 19.4 Å². The first-order chi connectivity index (χ1) is 12.1. The zero-order valence-corrected chi connectivity index (χ0v) is 18.7. The van der Waals surface area contributed by atoms with Crippen molar-refractivity contribution in [2.24, 2.45) is 4.99 Å². The summed E-state index contributed by atoms with van der Waals surface area (Å²) in [5.41, 5.74) is 1.20. The van der Waals surface area contributed by atoms with E-state index >= 15 is 0 Å². The van der Waals surface area contributed by atoms with E-state index in [2.05, 4.69) is 46.5 Å². The molecule has 1 unspecified atom stereocenters. The maximum Gasteiger partial charge on any atom is 0.191 e. The summed E-state index contributed by atoms with van der Waals surface area (Å²) in [7, 11) is 3.53. The highest BCUT2D eigenvalue weighted by Gasteiger charge is 2.28. The first-order valence-electron chi connectivity index (χ1n) is 8.92. The predicted molar refractivity (Wildman–Crippen MR) is 117 cm³/mol. The van der Waals surface area contributed by atoms with Crippen LogP contribution in [0.4, 0.5) is 0 Å². The van der Waals surface area contributed by atoms with E-state index in [1.54, 1.807) is 14.2 Å². The van der Waals surface area contributed by atoms with Gasteiger partial charge >= 0.3 is 0 Å². The van der Waals surface area contributed by atoms with Crippen molar-refractivity contribution in [3.63, 3.8) is 0 Å². The average Bonchev–Trinajstić information content (AvgIpc) is 2.66. The lowest BCUT2D eigenvalue weighted by molar-refractivity contribution is -0.00835. The van der Waals surface area contributed by atoms with Crippen LogP contribution in [-0.4, -0.2) is 69.9 Å². The second-order valence-electron chi connectivity index (χ2n) is 6.85. The SMILES string of the molecule is CN=C(NCC(OC)c1ccccc1)NCC(C)(C)N1CCOCC1.I. The third-order valence-electron chi connectivity index (χ3n) is 4.69. The van der Waals surface area contributed by atoms with Crippen molar-refractivity contribution in [1.29, 1.82) is 0 Å². The lowest BCUT2D eigenvalue weighted by Crippen LogP contribution is -2.56. The summed E-state index contributed by atoms with van der Waals surface area (Å²) in [6.07, 6.45) is -0.00740. The molecule has 1 aromatic carbocycles. The fourth-order valence-electron chi connectivity index (χ4n) is 3.00. The van der Waals surface area contributed by atoms with E-state index in [1.165, 1.54) is 0 Å². The molecule has 26 heavy (non-hydrogen) atoms. The first-order valence-corrected chi connectivity index (χ1v) is 8.92. The van der Waals surface area contributed by atoms with E-state index in [1.807, 2.05) is 18.2 Å². The van der Waals surface area contributed by atoms with Crippen molar-refractivity contribution < 1.29 is 9.47 Å². The van der Waals surface area contributed by atoms with Gasteiger partial charge in [0.05, 0.1) is 19.3 Å². The van der Waals surface area contributed by atoms with Gasteiger partial charge in [-0.25, -0.2) is 0 Å². The Balaban J connectivity index is 0.00000338. The molecule has 0 radical (unpaired) electrons. The summed E-state index contributed by atoms with van der Waals surface area (Å²) in [6, 6.07) is 10.2. The highest BCUT2D eigenvalue weighted by atomic mass is 127. The van der Waals surface area contributed by atoms with Gasteiger partial charge in [0, 0.05) is 45.9 Å². The smallest absolute Gasteiger partial charge is 0.191 e. The molecule has 1 fully saturated rings. The summed E-state index contributed by atoms with van der Waals surface area (Å²) in [5.74, 6) is 0.791. The first kappa shape index (κ1) is 23.1. The van der Waals surface area contributed by atoms with Gasteiger partial charge < -0.3 is 20.1 Å². The zero-order valence-electron chi connectivity index (χ0n) is 16.3. The fraction of sp³-hybridized carbons (Fsp3) is 0.632. The Bertz CT molecular complexity index is 534. The molecule has 0 bridgehead atoms. The molecular weight excluding hydrogens is 443 g/mol. The minimum Gasteiger partial charge on any atom is -0.379 e. The van der Waals surface area contributed by atoms with Crippen LogP contribution in [0, 0.1) is 0 Å². The van der Waals surface area contributed by atoms with Gasteiger partial charge in [-0.1, -0.05) is 30.3 Å². The second kappa shape index (κ2) is 11.7. The van der Waals surface area contributed by atoms with Crippen LogP contribution in [0.15, 0.2) is 35.3 Å². The lowest BCUT2D eigenvalue weighted by atomic mass is 10.0. The zero-order chi connectivity index (χ0) is 18.1. The molecule has 1 heterocycles. The highest BCUT2D eigenvalue weighted by molar-refractivity contribution is 14.0. The molecule has 6 nitrogen and oxygen atoms in total. The van der Waals surface area contributed by atoms with E-state index in [0.29, 0.717) is 6.54 Å². The standard InChI is InChI=1S/C19H32N4O2.HI/c1-19(2,23-10-12-25-13-11-23)15-22-18(20-3)21-14-17(24-4)16-8-6-5-7-9-16;/h5-9,17H,10-15H2,1-4H3,(H2,20,21,22);1H. The van der Waals surface area contributed by atoms with Crippen molar-refractivity contribution >= 4 is 29.9 Å². The van der Waals surface area contributed by atoms with E-state index in [-0.39, 0.29) is 35.6 Å². The normalized spacial score (nSPS) is 17.3. The van der Waals surface area contributed by atoms with E-state index < -0.39 is 0 Å². The number of aliphatic imine (C=N–C) groups is 1. The molecule has 2 rings (SSSR count). The molecule has 1 aliphatic rings. The Morgan fingerprint density at radius 2 is 1.88 bits per heavy atom. The van der Waals surface area contributed by atoms with Crippen LogP contribution in [0.25, 0.3) is 0 Å². The topological polar surface area (TPSA) is 58.1 Å². The molecular formula is C19H33IN4O2. The fourth-order valence-corrected chi connectivity index (χ4v) is 3.00. The minimum absolute atomic E-state index is 0. The minimum atomic E-state index is -0.00740. The number of morpholine rings is 1. The van der Waals surface area contributed by atoms with Crippen molar-refractivity contribution in [2.75, 3.05) is 53.6 Å². The van der Waals surface area contributed by atoms with Gasteiger partial charge in [-0.15, -0.1) is 24.0 Å². The maximum atomic E-state index is 5.60. The number of hydrogen-bond acceptors (Lipinski definition) is 4. The van der Waals surface area contributed by atoms with Crippen LogP contribution < -0.4 is 10.6 Å². The second-order valence-corrected chi connectivity index (χ2v) is 6.85. The molecule has 1 saturated heterocycles. The number of nitrogens with one attached hydrogen (secondary N) is 2. The van der Waals surface area contributed by atoms with Crippen molar-refractivity contribution in [2.45, 2.75) is 25.5 Å². The summed E-state index contributed by atoms with van der Waals surface area (Å²) in [6.45, 7) is 9.54. The van der Waals surface area contributed by atoms with Crippen LogP contribution in [0.5, 0.6) is 0 Å².